The Morgan fingerprint density at radius 3 is 1.92 bits per heavy atom. The quantitative estimate of drug-likeness (QED) is 0.162. The van der Waals surface area contributed by atoms with Crippen LogP contribution in [0.5, 0.6) is 11.5 Å². The third kappa shape index (κ3) is 5.14. The van der Waals surface area contributed by atoms with E-state index in [4.69, 9.17) is 4.74 Å². The lowest BCUT2D eigenvalue weighted by molar-refractivity contribution is 0.488. The zero-order valence-electron chi connectivity index (χ0n) is 33.1. The summed E-state index contributed by atoms with van der Waals surface area (Å²) in [4.78, 5) is 4.77. The standard InChI is InChI=1S/C56H36BN3O/c1-4-18-40(19-5-1)58(49-27-14-17-37-16-10-11-24-44(37)49)43-31-30-38-33-45-46-35-55-48(36-53(46)60(42-22-8-3-9-23-42)52(45)34-39(38)32-43)57-47-25-12-13-26-50(47)59(41-20-6-2-7-21-41)51-28-15-29-54(61-55)56(51)57/h1-36H. The molecule has 4 nitrogen and oxygen atoms in total. The maximum absolute atomic E-state index is 7.00. The van der Waals surface area contributed by atoms with Crippen molar-refractivity contribution in [1.29, 1.82) is 0 Å². The van der Waals surface area contributed by atoms with Crippen molar-refractivity contribution >= 4 is 101 Å². The van der Waals surface area contributed by atoms with E-state index in [1.807, 2.05) is 0 Å². The lowest BCUT2D eigenvalue weighted by Crippen LogP contribution is -2.59. The van der Waals surface area contributed by atoms with Crippen LogP contribution in [0.4, 0.5) is 34.1 Å². The Labute approximate surface area is 353 Å². The molecule has 0 saturated heterocycles. The van der Waals surface area contributed by atoms with Crippen molar-refractivity contribution in [2.24, 2.45) is 0 Å². The van der Waals surface area contributed by atoms with Gasteiger partial charge in [-0.25, -0.2) is 0 Å². The molecule has 0 amide bonds. The molecule has 0 saturated carbocycles. The van der Waals surface area contributed by atoms with Crippen LogP contribution in [0.3, 0.4) is 0 Å². The van der Waals surface area contributed by atoms with Gasteiger partial charge in [0, 0.05) is 50.3 Å². The minimum atomic E-state index is -0.00239. The second-order valence-corrected chi connectivity index (χ2v) is 16.1. The lowest BCUT2D eigenvalue weighted by Gasteiger charge is -2.39. The lowest BCUT2D eigenvalue weighted by atomic mass is 9.34. The van der Waals surface area contributed by atoms with E-state index in [9.17, 15) is 0 Å². The molecule has 1 aromatic heterocycles. The molecule has 0 atom stereocenters. The van der Waals surface area contributed by atoms with E-state index in [2.05, 4.69) is 233 Å². The van der Waals surface area contributed by atoms with Crippen molar-refractivity contribution in [1.82, 2.24) is 4.57 Å². The highest BCUT2D eigenvalue weighted by Crippen LogP contribution is 2.44. The van der Waals surface area contributed by atoms with Gasteiger partial charge in [0.2, 0.25) is 0 Å². The van der Waals surface area contributed by atoms with E-state index in [0.717, 1.165) is 56.7 Å². The third-order valence-corrected chi connectivity index (χ3v) is 12.7. The summed E-state index contributed by atoms with van der Waals surface area (Å²) >= 11 is 0. The first-order chi connectivity index (χ1) is 30.3. The SMILES string of the molecule is c1ccc(N2c3ccccc3B3c4cc5c(cc4Oc4cccc2c43)c2cc3ccc(N(c4ccccc4)c4cccc6ccccc46)cc3cc2n5-c2ccccc2)cc1. The molecule has 0 radical (unpaired) electrons. The van der Waals surface area contributed by atoms with E-state index < -0.39 is 0 Å². The second-order valence-electron chi connectivity index (χ2n) is 16.1. The minimum absolute atomic E-state index is 0.00239. The predicted molar refractivity (Wildman–Crippen MR) is 256 cm³/mol. The Morgan fingerprint density at radius 1 is 0.393 bits per heavy atom. The number of nitrogens with zero attached hydrogens (tertiary/aromatic N) is 3. The molecular formula is C56H36BN3O. The molecule has 11 aromatic rings. The highest BCUT2D eigenvalue weighted by atomic mass is 16.5. The second kappa shape index (κ2) is 13.3. The summed E-state index contributed by atoms with van der Waals surface area (Å²) in [5.74, 6) is 1.81. The van der Waals surface area contributed by atoms with E-state index in [0.29, 0.717) is 0 Å². The number of hydrogen-bond acceptors (Lipinski definition) is 3. The predicted octanol–water partition coefficient (Wildman–Crippen LogP) is 13.0. The van der Waals surface area contributed by atoms with Gasteiger partial charge in [-0.3, -0.25) is 0 Å². The number of ether oxygens (including phenoxy) is 1. The van der Waals surface area contributed by atoms with Crippen molar-refractivity contribution in [3.63, 3.8) is 0 Å². The molecule has 0 unspecified atom stereocenters. The van der Waals surface area contributed by atoms with Gasteiger partial charge in [0.1, 0.15) is 11.5 Å². The molecule has 13 rings (SSSR count). The molecule has 284 valence electrons. The largest absolute Gasteiger partial charge is 0.458 e. The van der Waals surface area contributed by atoms with Gasteiger partial charge in [-0.1, -0.05) is 121 Å². The summed E-state index contributed by atoms with van der Waals surface area (Å²) in [6.45, 7) is -0.00239. The molecule has 10 aromatic carbocycles. The molecule has 3 heterocycles. The van der Waals surface area contributed by atoms with Crippen molar-refractivity contribution in [2.45, 2.75) is 0 Å². The van der Waals surface area contributed by atoms with Crippen molar-refractivity contribution in [3.05, 3.63) is 218 Å². The summed E-state index contributed by atoms with van der Waals surface area (Å²) in [5, 5.41) is 7.14. The summed E-state index contributed by atoms with van der Waals surface area (Å²) < 4.78 is 9.45. The van der Waals surface area contributed by atoms with Gasteiger partial charge in [-0.05, 0) is 130 Å². The first-order valence-electron chi connectivity index (χ1n) is 21.0. The van der Waals surface area contributed by atoms with Crippen LogP contribution in [0, 0.1) is 0 Å². The Bertz CT molecular complexity index is 3520. The van der Waals surface area contributed by atoms with Gasteiger partial charge in [0.25, 0.3) is 6.71 Å². The van der Waals surface area contributed by atoms with Crippen LogP contribution in [0.1, 0.15) is 0 Å². The maximum Gasteiger partial charge on any atom is 0.256 e. The molecule has 2 aliphatic rings. The molecule has 0 bridgehead atoms. The van der Waals surface area contributed by atoms with Gasteiger partial charge < -0.3 is 19.1 Å². The summed E-state index contributed by atoms with van der Waals surface area (Å²) in [5.41, 5.74) is 13.9. The van der Waals surface area contributed by atoms with Crippen molar-refractivity contribution in [3.8, 4) is 17.2 Å². The normalized spacial score (nSPS) is 12.7. The van der Waals surface area contributed by atoms with Crippen LogP contribution in [-0.4, -0.2) is 11.3 Å². The monoisotopic (exact) mass is 777 g/mol. The highest BCUT2D eigenvalue weighted by Gasteiger charge is 2.42. The van der Waals surface area contributed by atoms with Gasteiger partial charge in [0.15, 0.2) is 0 Å². The van der Waals surface area contributed by atoms with E-state index in [1.165, 1.54) is 54.4 Å². The molecule has 0 aliphatic carbocycles. The van der Waals surface area contributed by atoms with Gasteiger partial charge in [0.05, 0.1) is 16.7 Å². The smallest absolute Gasteiger partial charge is 0.256 e. The Balaban J connectivity index is 1.04. The molecule has 0 fully saturated rings. The average molecular weight is 778 g/mol. The third-order valence-electron chi connectivity index (χ3n) is 12.7. The van der Waals surface area contributed by atoms with E-state index in [-0.39, 0.29) is 6.71 Å². The number of benzene rings is 10. The first-order valence-corrected chi connectivity index (χ1v) is 21.0. The minimum Gasteiger partial charge on any atom is -0.458 e. The fraction of sp³-hybridized carbons (Fsp3) is 0. The molecule has 0 N–H and O–H groups in total. The Kier molecular flexibility index (Phi) is 7.37. The number of anilines is 6. The summed E-state index contributed by atoms with van der Waals surface area (Å²) in [6.07, 6.45) is 0. The Hall–Kier alpha value is -8.02. The van der Waals surface area contributed by atoms with Crippen LogP contribution in [0.15, 0.2) is 218 Å². The zero-order chi connectivity index (χ0) is 40.0. The average Bonchev–Trinajstić information content (AvgIpc) is 3.62. The zero-order valence-corrected chi connectivity index (χ0v) is 33.1. The molecule has 0 spiro atoms. The van der Waals surface area contributed by atoms with Crippen LogP contribution in [-0.2, 0) is 0 Å². The number of para-hydroxylation sites is 4. The van der Waals surface area contributed by atoms with Gasteiger partial charge >= 0.3 is 0 Å². The fourth-order valence-corrected chi connectivity index (χ4v) is 10.1. The van der Waals surface area contributed by atoms with Gasteiger partial charge in [-0.15, -0.1) is 0 Å². The Morgan fingerprint density at radius 2 is 1.07 bits per heavy atom. The fourth-order valence-electron chi connectivity index (χ4n) is 10.1. The van der Waals surface area contributed by atoms with Crippen LogP contribution < -0.4 is 30.9 Å². The van der Waals surface area contributed by atoms with Crippen LogP contribution in [0.2, 0.25) is 0 Å². The molecule has 5 heteroatoms. The van der Waals surface area contributed by atoms with Gasteiger partial charge in [-0.2, -0.15) is 0 Å². The van der Waals surface area contributed by atoms with E-state index >= 15 is 0 Å². The first kappa shape index (κ1) is 33.9. The van der Waals surface area contributed by atoms with Crippen molar-refractivity contribution in [2.75, 3.05) is 9.80 Å². The number of aromatic nitrogens is 1. The molecule has 2 aliphatic heterocycles. The van der Waals surface area contributed by atoms with Crippen LogP contribution in [0.25, 0.3) is 49.0 Å². The topological polar surface area (TPSA) is 20.6 Å². The summed E-state index contributed by atoms with van der Waals surface area (Å²) in [6, 6.07) is 79.1. The highest BCUT2D eigenvalue weighted by molar-refractivity contribution is 6.99. The summed E-state index contributed by atoms with van der Waals surface area (Å²) in [7, 11) is 0. The maximum atomic E-state index is 7.00. The number of rotatable bonds is 5. The molecular weight excluding hydrogens is 741 g/mol. The number of fused-ring (bicyclic) bond motifs is 9. The van der Waals surface area contributed by atoms with Crippen molar-refractivity contribution < 1.29 is 4.74 Å². The molecule has 61 heavy (non-hydrogen) atoms. The van der Waals surface area contributed by atoms with E-state index in [1.54, 1.807) is 0 Å². The van der Waals surface area contributed by atoms with Crippen LogP contribution >= 0.6 is 0 Å². The number of hydrogen-bond donors (Lipinski definition) is 0.